The van der Waals surface area contributed by atoms with Crippen LogP contribution in [-0.4, -0.2) is 55.5 Å². The summed E-state index contributed by atoms with van der Waals surface area (Å²) in [5, 5.41) is 0.928. The highest BCUT2D eigenvalue weighted by Gasteiger charge is 2.25. The molecule has 2 heterocycles. The number of halogens is 1. The first-order valence-electron chi connectivity index (χ1n) is 5.09. The maximum Gasteiger partial charge on any atom is 0.0594 e. The fourth-order valence-corrected chi connectivity index (χ4v) is 2.14. The van der Waals surface area contributed by atoms with Crippen LogP contribution in [0, 0.1) is 0 Å². The summed E-state index contributed by atoms with van der Waals surface area (Å²) in [5.41, 5.74) is 0. The summed E-state index contributed by atoms with van der Waals surface area (Å²) >= 11 is 0. The lowest BCUT2D eigenvalue weighted by Crippen LogP contribution is -2.47. The normalized spacial score (nSPS) is 29.3. The number of ether oxygens (including phenoxy) is 1. The number of nitrogens with zero attached hydrogens (tertiary/aromatic N) is 2. The quantitative estimate of drug-likeness (QED) is 0.562. The van der Waals surface area contributed by atoms with Gasteiger partial charge in [0.05, 0.1) is 13.2 Å². The number of morpholine rings is 1. The molecule has 0 aliphatic carbocycles. The number of piperidine rings is 1. The van der Waals surface area contributed by atoms with E-state index < -0.39 is 0 Å². The second-order valence-electron chi connectivity index (χ2n) is 3.79. The van der Waals surface area contributed by atoms with Gasteiger partial charge >= 0.3 is 0 Å². The molecule has 0 atom stereocenters. The average molecular weight is 188 g/mol. The Morgan fingerprint density at radius 1 is 1.00 bits per heavy atom. The Morgan fingerprint density at radius 3 is 2.23 bits per heavy atom. The van der Waals surface area contributed by atoms with Crippen molar-refractivity contribution >= 4 is 0 Å². The van der Waals surface area contributed by atoms with E-state index in [1.54, 1.807) is 0 Å². The zero-order valence-corrected chi connectivity index (χ0v) is 7.91. The third-order valence-corrected chi connectivity index (χ3v) is 2.97. The monoisotopic (exact) mass is 188 g/mol. The van der Waals surface area contributed by atoms with Crippen molar-refractivity contribution in [3.63, 3.8) is 0 Å². The highest BCUT2D eigenvalue weighted by molar-refractivity contribution is 4.78. The van der Waals surface area contributed by atoms with Crippen LogP contribution >= 0.6 is 0 Å². The summed E-state index contributed by atoms with van der Waals surface area (Å²) in [5.74, 6) is 0. The van der Waals surface area contributed by atoms with Crippen molar-refractivity contribution in [3.8, 4) is 0 Å². The molecule has 2 rings (SSSR count). The van der Waals surface area contributed by atoms with Crippen LogP contribution in [0.5, 0.6) is 0 Å². The maximum absolute atomic E-state index is 12.7. The predicted octanol–water partition coefficient (Wildman–Crippen LogP) is 0.668. The summed E-state index contributed by atoms with van der Waals surface area (Å²) in [6.45, 7) is 4.93. The lowest BCUT2D eigenvalue weighted by Gasteiger charge is -2.37. The summed E-state index contributed by atoms with van der Waals surface area (Å²) in [6.07, 6.45) is 1.94. The Morgan fingerprint density at radius 2 is 1.62 bits per heavy atom. The molecule has 13 heavy (non-hydrogen) atoms. The van der Waals surface area contributed by atoms with Gasteiger partial charge in [-0.1, -0.05) is 0 Å². The van der Waals surface area contributed by atoms with Gasteiger partial charge in [0.1, 0.15) is 0 Å². The molecule has 0 aromatic rings. The Kier molecular flexibility index (Phi) is 3.14. The van der Waals surface area contributed by atoms with Crippen LogP contribution in [0.2, 0.25) is 0 Å². The van der Waals surface area contributed by atoms with Gasteiger partial charge in [0.15, 0.2) is 0 Å². The van der Waals surface area contributed by atoms with Crippen molar-refractivity contribution in [1.82, 2.24) is 10.0 Å². The molecule has 2 aliphatic heterocycles. The van der Waals surface area contributed by atoms with Crippen LogP contribution in [0.3, 0.4) is 0 Å². The molecular formula is C9H17FN2O. The molecule has 0 bridgehead atoms. The van der Waals surface area contributed by atoms with E-state index in [2.05, 4.69) is 4.90 Å². The van der Waals surface area contributed by atoms with Crippen molar-refractivity contribution in [3.05, 3.63) is 0 Å². The van der Waals surface area contributed by atoms with Gasteiger partial charge in [0.2, 0.25) is 0 Å². The van der Waals surface area contributed by atoms with Gasteiger partial charge < -0.3 is 4.74 Å². The lowest BCUT2D eigenvalue weighted by atomic mass is 10.0. The van der Waals surface area contributed by atoms with Crippen molar-refractivity contribution in [2.24, 2.45) is 0 Å². The summed E-state index contributed by atoms with van der Waals surface area (Å²) < 4.78 is 18.0. The van der Waals surface area contributed by atoms with E-state index in [0.29, 0.717) is 19.1 Å². The van der Waals surface area contributed by atoms with Gasteiger partial charge in [-0.25, -0.2) is 0 Å². The molecule has 3 nitrogen and oxygen atoms in total. The molecular weight excluding hydrogens is 171 g/mol. The molecule has 0 N–H and O–H groups in total. The highest BCUT2D eigenvalue weighted by Crippen LogP contribution is 2.17. The van der Waals surface area contributed by atoms with Crippen LogP contribution in [0.4, 0.5) is 4.48 Å². The fourth-order valence-electron chi connectivity index (χ4n) is 2.14. The molecule has 0 aromatic heterocycles. The molecule has 2 fully saturated rings. The van der Waals surface area contributed by atoms with E-state index >= 15 is 0 Å². The van der Waals surface area contributed by atoms with Gasteiger partial charge in [0, 0.05) is 32.2 Å². The van der Waals surface area contributed by atoms with Gasteiger partial charge in [-0.05, 0) is 12.8 Å². The first kappa shape index (κ1) is 9.37. The molecule has 4 heteroatoms. The SMILES string of the molecule is FN1CCC(N2CCOCC2)CC1. The van der Waals surface area contributed by atoms with Crippen LogP contribution in [-0.2, 0) is 4.74 Å². The molecule has 0 saturated carbocycles. The maximum atomic E-state index is 12.7. The molecule has 76 valence electrons. The van der Waals surface area contributed by atoms with Crippen molar-refractivity contribution in [1.29, 1.82) is 0 Å². The molecule has 0 spiro atoms. The third kappa shape index (κ3) is 2.39. The zero-order chi connectivity index (χ0) is 9.10. The summed E-state index contributed by atoms with van der Waals surface area (Å²) in [7, 11) is 0. The molecule has 2 aliphatic rings. The molecule has 2 saturated heterocycles. The lowest BCUT2D eigenvalue weighted by molar-refractivity contribution is -0.0425. The Balaban J connectivity index is 1.79. The van der Waals surface area contributed by atoms with Crippen molar-refractivity contribution in [2.45, 2.75) is 18.9 Å². The van der Waals surface area contributed by atoms with Crippen LogP contribution in [0.25, 0.3) is 0 Å². The van der Waals surface area contributed by atoms with E-state index in [0.717, 1.165) is 44.3 Å². The third-order valence-electron chi connectivity index (χ3n) is 2.97. The fraction of sp³-hybridized carbons (Fsp3) is 1.00. The van der Waals surface area contributed by atoms with Crippen molar-refractivity contribution < 1.29 is 9.22 Å². The first-order chi connectivity index (χ1) is 6.36. The summed E-state index contributed by atoms with van der Waals surface area (Å²) in [4.78, 5) is 2.44. The highest BCUT2D eigenvalue weighted by atomic mass is 19.2. The first-order valence-corrected chi connectivity index (χ1v) is 5.09. The Hall–Kier alpha value is -0.190. The average Bonchev–Trinajstić information content (AvgIpc) is 2.20. The standard InChI is InChI=1S/C9H17FN2O/c10-12-3-1-9(2-4-12)11-5-7-13-8-6-11/h9H,1-8H2. The molecule has 0 amide bonds. The van der Waals surface area contributed by atoms with E-state index in [-0.39, 0.29) is 0 Å². The van der Waals surface area contributed by atoms with Gasteiger partial charge in [-0.15, -0.1) is 9.60 Å². The smallest absolute Gasteiger partial charge is 0.0594 e. The van der Waals surface area contributed by atoms with E-state index in [9.17, 15) is 4.48 Å². The second-order valence-corrected chi connectivity index (χ2v) is 3.79. The van der Waals surface area contributed by atoms with Gasteiger partial charge in [-0.3, -0.25) is 4.90 Å². The van der Waals surface area contributed by atoms with Crippen LogP contribution < -0.4 is 0 Å². The second kappa shape index (κ2) is 4.35. The van der Waals surface area contributed by atoms with Gasteiger partial charge in [0.25, 0.3) is 0 Å². The number of rotatable bonds is 1. The zero-order valence-electron chi connectivity index (χ0n) is 7.91. The minimum Gasteiger partial charge on any atom is -0.379 e. The summed E-state index contributed by atoms with van der Waals surface area (Å²) in [6, 6.07) is 0.593. The van der Waals surface area contributed by atoms with Gasteiger partial charge in [-0.2, -0.15) is 0 Å². The largest absolute Gasteiger partial charge is 0.379 e. The van der Waals surface area contributed by atoms with Crippen molar-refractivity contribution in [2.75, 3.05) is 39.4 Å². The topological polar surface area (TPSA) is 15.7 Å². The Bertz CT molecular complexity index is 154. The molecule has 0 aromatic carbocycles. The van der Waals surface area contributed by atoms with Crippen LogP contribution in [0.15, 0.2) is 0 Å². The van der Waals surface area contributed by atoms with E-state index in [1.807, 2.05) is 0 Å². The molecule has 0 radical (unpaired) electrons. The van der Waals surface area contributed by atoms with E-state index in [4.69, 9.17) is 4.74 Å². The minimum absolute atomic E-state index is 0.593. The Labute approximate surface area is 78.4 Å². The van der Waals surface area contributed by atoms with E-state index in [1.165, 1.54) is 0 Å². The molecule has 0 unspecified atom stereocenters. The number of hydrogen-bond acceptors (Lipinski definition) is 3. The van der Waals surface area contributed by atoms with Crippen LogP contribution in [0.1, 0.15) is 12.8 Å². The number of hydrogen-bond donors (Lipinski definition) is 0. The minimum atomic E-state index is 0.593. The predicted molar refractivity (Wildman–Crippen MR) is 48.1 cm³/mol.